The maximum atomic E-state index is 9.60. The van der Waals surface area contributed by atoms with Crippen LogP contribution in [0.4, 0.5) is 0 Å². The molecule has 0 aliphatic carbocycles. The van der Waals surface area contributed by atoms with Gasteiger partial charge in [-0.15, -0.1) is 12.8 Å². The first kappa shape index (κ1) is 34.1. The van der Waals surface area contributed by atoms with Gasteiger partial charge in [-0.1, -0.05) is 87.0 Å². The summed E-state index contributed by atoms with van der Waals surface area (Å²) in [4.78, 5) is 14.5. The fourth-order valence-electron chi connectivity index (χ4n) is 3.74. The molecule has 0 atom stereocenters. The van der Waals surface area contributed by atoms with Gasteiger partial charge in [0, 0.05) is 19.1 Å². The van der Waals surface area contributed by atoms with Crippen molar-refractivity contribution in [2.24, 2.45) is 0 Å². The molecule has 0 radical (unpaired) electrons. The fraction of sp³-hybridized carbons (Fsp3) is 0.294. The molecule has 0 bridgehead atoms. The van der Waals surface area contributed by atoms with E-state index in [1.54, 1.807) is 0 Å². The highest BCUT2D eigenvalue weighted by atomic mass is 16.4. The predicted octanol–water partition coefficient (Wildman–Crippen LogP) is 8.47. The van der Waals surface area contributed by atoms with E-state index in [1.807, 2.05) is 19.9 Å². The maximum Gasteiger partial charge on any atom is 0.303 e. The Balaban J connectivity index is 0.00000119. The first-order valence-electron chi connectivity index (χ1n) is 12.8. The van der Waals surface area contributed by atoms with Gasteiger partial charge < -0.3 is 10.2 Å². The lowest BCUT2D eigenvalue weighted by molar-refractivity contribution is -0.137. The molecule has 1 aromatic heterocycles. The van der Waals surface area contributed by atoms with Crippen molar-refractivity contribution in [1.82, 2.24) is 4.98 Å². The molecule has 0 aliphatic heterocycles. The molecule has 202 valence electrons. The summed E-state index contributed by atoms with van der Waals surface area (Å²) in [5.41, 5.74) is 10.4. The van der Waals surface area contributed by atoms with Crippen LogP contribution in [0.5, 0.6) is 0 Å². The van der Waals surface area contributed by atoms with E-state index < -0.39 is 5.97 Å². The van der Waals surface area contributed by atoms with Gasteiger partial charge in [0.05, 0.1) is 11.4 Å². The summed E-state index contributed by atoms with van der Waals surface area (Å²) in [6, 6.07) is 19.7. The molecule has 4 nitrogen and oxygen atoms in total. The van der Waals surface area contributed by atoms with Gasteiger partial charge in [-0.3, -0.25) is 4.79 Å². The van der Waals surface area contributed by atoms with Crippen molar-refractivity contribution in [3.8, 4) is 35.2 Å². The smallest absolute Gasteiger partial charge is 0.303 e. The molecule has 0 aliphatic rings. The van der Waals surface area contributed by atoms with Crippen molar-refractivity contribution in [2.75, 3.05) is 7.11 Å². The molecule has 2 aromatic carbocycles. The van der Waals surface area contributed by atoms with Crippen molar-refractivity contribution < 1.29 is 15.0 Å². The highest BCUT2D eigenvalue weighted by Gasteiger charge is 2.10. The number of carboxylic acid groups (broad SMARTS) is 1. The third-order valence-electron chi connectivity index (χ3n) is 5.56. The van der Waals surface area contributed by atoms with Crippen molar-refractivity contribution >= 4 is 17.6 Å². The number of aliphatic hydroxyl groups is 1. The molecule has 3 rings (SSSR count). The van der Waals surface area contributed by atoms with Crippen molar-refractivity contribution in [3.05, 3.63) is 89.6 Å². The molecule has 0 spiro atoms. The zero-order valence-corrected chi connectivity index (χ0v) is 23.8. The molecule has 4 heteroatoms. The van der Waals surface area contributed by atoms with Crippen LogP contribution >= 0.6 is 0 Å². The van der Waals surface area contributed by atoms with Crippen LogP contribution in [0.15, 0.2) is 67.3 Å². The Morgan fingerprint density at radius 2 is 1.45 bits per heavy atom. The molecule has 2 N–H and O–H groups in total. The van der Waals surface area contributed by atoms with E-state index in [9.17, 15) is 4.79 Å². The van der Waals surface area contributed by atoms with Crippen LogP contribution < -0.4 is 0 Å². The van der Waals surface area contributed by atoms with Crippen LogP contribution in [0, 0.1) is 19.8 Å². The number of rotatable bonds is 8. The molecule has 0 amide bonds. The summed E-state index contributed by atoms with van der Waals surface area (Å²) in [6.07, 6.45) is 15.4. The number of nitrogens with zero attached hydrogens (tertiary/aromatic N) is 1. The fourth-order valence-corrected chi connectivity index (χ4v) is 3.74. The Morgan fingerprint density at radius 3 is 1.84 bits per heavy atom. The lowest BCUT2D eigenvalue weighted by Gasteiger charge is -2.12. The minimum atomic E-state index is -0.711. The second-order valence-corrected chi connectivity index (χ2v) is 8.51. The number of terminal acetylenes is 1. The second kappa shape index (κ2) is 19.2. The monoisotopic (exact) mass is 513 g/mol. The highest BCUT2D eigenvalue weighted by molar-refractivity contribution is 5.75. The Morgan fingerprint density at radius 1 is 0.947 bits per heavy atom. The van der Waals surface area contributed by atoms with Gasteiger partial charge in [0.25, 0.3) is 0 Å². The van der Waals surface area contributed by atoms with Gasteiger partial charge in [0.2, 0.25) is 0 Å². The zero-order chi connectivity index (χ0) is 29.1. The van der Waals surface area contributed by atoms with E-state index in [0.717, 1.165) is 42.5 Å². The number of hydrogen-bond donors (Lipinski definition) is 2. The number of benzene rings is 2. The summed E-state index contributed by atoms with van der Waals surface area (Å²) in [6.45, 7) is 14.4. The quantitative estimate of drug-likeness (QED) is 0.296. The lowest BCUT2D eigenvalue weighted by Crippen LogP contribution is -1.96. The van der Waals surface area contributed by atoms with E-state index in [2.05, 4.69) is 101 Å². The topological polar surface area (TPSA) is 70.4 Å². The molecular weight excluding hydrogens is 470 g/mol. The average molecular weight is 514 g/mol. The lowest BCUT2D eigenvalue weighted by atomic mass is 9.97. The number of aliphatic hydroxyl groups excluding tert-OH is 1. The van der Waals surface area contributed by atoms with Gasteiger partial charge in [-0.2, -0.15) is 0 Å². The van der Waals surface area contributed by atoms with Gasteiger partial charge in [0.1, 0.15) is 0 Å². The van der Waals surface area contributed by atoms with Crippen LogP contribution in [-0.2, 0) is 11.2 Å². The maximum absolute atomic E-state index is 9.60. The minimum Gasteiger partial charge on any atom is -0.481 e. The Kier molecular flexibility index (Phi) is 17.2. The number of aryl methyl sites for hydroxylation is 1. The number of aromatic nitrogens is 1. The summed E-state index contributed by atoms with van der Waals surface area (Å²) < 4.78 is 0. The van der Waals surface area contributed by atoms with Gasteiger partial charge >= 0.3 is 5.97 Å². The van der Waals surface area contributed by atoms with E-state index in [4.69, 9.17) is 15.2 Å². The third kappa shape index (κ3) is 11.0. The zero-order valence-electron chi connectivity index (χ0n) is 23.8. The van der Waals surface area contributed by atoms with Crippen molar-refractivity contribution in [2.45, 2.75) is 60.3 Å². The van der Waals surface area contributed by atoms with Gasteiger partial charge in [0.15, 0.2) is 0 Å². The molecular formula is C34H43NO3. The average Bonchev–Trinajstić information content (AvgIpc) is 2.93. The highest BCUT2D eigenvalue weighted by Crippen LogP contribution is 2.29. The van der Waals surface area contributed by atoms with Crippen LogP contribution in [0.1, 0.15) is 69.3 Å². The van der Waals surface area contributed by atoms with Gasteiger partial charge in [-0.25, -0.2) is 4.98 Å². The van der Waals surface area contributed by atoms with Crippen LogP contribution in [0.2, 0.25) is 0 Å². The summed E-state index contributed by atoms with van der Waals surface area (Å²) >= 11 is 0. The van der Waals surface area contributed by atoms with Gasteiger partial charge in [-0.05, 0) is 73.6 Å². The third-order valence-corrected chi connectivity index (χ3v) is 5.56. The number of allylic oxidation sites excluding steroid dienone is 2. The molecule has 0 saturated carbocycles. The SMILES string of the molecule is C#C.C=C(C)c1cc(-c2ccc(-c3ccc(CCC)cc3)cc2)nc(/C=C\C)c1C.CCCC(=O)O.CO. The summed E-state index contributed by atoms with van der Waals surface area (Å²) in [7, 11) is 1.00. The predicted molar refractivity (Wildman–Crippen MR) is 164 cm³/mol. The second-order valence-electron chi connectivity index (χ2n) is 8.51. The summed E-state index contributed by atoms with van der Waals surface area (Å²) in [5, 5.41) is 14.9. The Hall–Kier alpha value is -3.94. The van der Waals surface area contributed by atoms with E-state index in [1.165, 1.54) is 34.2 Å². The largest absolute Gasteiger partial charge is 0.481 e. The first-order valence-corrected chi connectivity index (χ1v) is 12.8. The van der Waals surface area contributed by atoms with Crippen LogP contribution in [-0.4, -0.2) is 28.3 Å². The molecule has 38 heavy (non-hydrogen) atoms. The number of carbonyl (C=O) groups is 1. The first-order chi connectivity index (χ1) is 18.3. The van der Waals surface area contributed by atoms with E-state index in [0.29, 0.717) is 6.42 Å². The molecule has 0 fully saturated rings. The van der Waals surface area contributed by atoms with Crippen molar-refractivity contribution in [3.63, 3.8) is 0 Å². The van der Waals surface area contributed by atoms with Crippen LogP contribution in [0.25, 0.3) is 34.0 Å². The Bertz CT molecular complexity index is 1170. The van der Waals surface area contributed by atoms with Crippen LogP contribution in [0.3, 0.4) is 0 Å². The summed E-state index contributed by atoms with van der Waals surface area (Å²) in [5.74, 6) is -0.711. The number of pyridine rings is 1. The molecule has 3 aromatic rings. The standard InChI is InChI=1S/C27H29N.C4H8O2.C2H2.CH4O/c1-6-8-21-10-12-22(13-11-21)23-14-16-24(17-15-23)27-18-25(19(3)4)20(5)26(28-27)9-7-2;1-2-3-4(5)6;2*1-2/h7,9-18H,3,6,8H2,1-2,4-5H3;2-3H2,1H3,(H,5,6);1-2H;2H,1H3/b9-7-;;;. The normalized spacial score (nSPS) is 9.71. The van der Waals surface area contributed by atoms with E-state index >= 15 is 0 Å². The number of hydrogen-bond acceptors (Lipinski definition) is 3. The Labute approximate surface area is 229 Å². The minimum absolute atomic E-state index is 0.292. The molecule has 1 heterocycles. The molecule has 0 unspecified atom stereocenters. The van der Waals surface area contributed by atoms with Crippen molar-refractivity contribution in [1.29, 1.82) is 0 Å². The number of carboxylic acids is 1. The number of aliphatic carboxylic acids is 1. The van der Waals surface area contributed by atoms with E-state index in [-0.39, 0.29) is 0 Å². The molecule has 0 saturated heterocycles.